The molecule has 0 radical (unpaired) electrons. The third-order valence-corrected chi connectivity index (χ3v) is 4.02. The van der Waals surface area contributed by atoms with Gasteiger partial charge in [0.1, 0.15) is 11.5 Å². The van der Waals surface area contributed by atoms with Gasteiger partial charge in [-0.3, -0.25) is 4.79 Å². The maximum absolute atomic E-state index is 12.4. The molecule has 6 heteroatoms. The number of carbonyl (C=O) groups is 1. The molecule has 1 aliphatic carbocycles. The molecule has 1 fully saturated rings. The lowest BCUT2D eigenvalue weighted by atomic mass is 10.1. The molecule has 0 atom stereocenters. The van der Waals surface area contributed by atoms with Gasteiger partial charge in [-0.25, -0.2) is 0 Å². The standard InChI is InChI=1S/C17H21N3O3/c1-10-15(11(2)23-20-10)9-18-16-7-6-13(22-3)8-14(16)17(21)19-12-4-5-12/h6-8,12,18H,4-5,9H2,1-3H3,(H,19,21). The number of amides is 1. The fourth-order valence-corrected chi connectivity index (χ4v) is 2.42. The van der Waals surface area contributed by atoms with Crippen LogP contribution in [0.25, 0.3) is 0 Å². The quantitative estimate of drug-likeness (QED) is 0.857. The molecule has 1 amide bonds. The van der Waals surface area contributed by atoms with Crippen LogP contribution in [-0.4, -0.2) is 24.2 Å². The van der Waals surface area contributed by atoms with Gasteiger partial charge in [0.25, 0.3) is 5.91 Å². The number of hydrogen-bond acceptors (Lipinski definition) is 5. The predicted molar refractivity (Wildman–Crippen MR) is 86.8 cm³/mol. The van der Waals surface area contributed by atoms with Crippen molar-refractivity contribution >= 4 is 11.6 Å². The topological polar surface area (TPSA) is 76.4 Å². The molecule has 1 aliphatic rings. The molecule has 3 rings (SSSR count). The zero-order valence-corrected chi connectivity index (χ0v) is 13.6. The van der Waals surface area contributed by atoms with Crippen molar-refractivity contribution in [2.24, 2.45) is 0 Å². The summed E-state index contributed by atoms with van der Waals surface area (Å²) < 4.78 is 10.4. The number of rotatable bonds is 6. The first kappa shape index (κ1) is 15.4. The summed E-state index contributed by atoms with van der Waals surface area (Å²) in [7, 11) is 1.59. The molecule has 1 saturated carbocycles. The number of hydrogen-bond donors (Lipinski definition) is 2. The molecule has 6 nitrogen and oxygen atoms in total. The van der Waals surface area contributed by atoms with Gasteiger partial charge in [0.2, 0.25) is 0 Å². The van der Waals surface area contributed by atoms with Crippen molar-refractivity contribution in [3.05, 3.63) is 40.8 Å². The largest absolute Gasteiger partial charge is 0.497 e. The molecule has 0 bridgehead atoms. The van der Waals surface area contributed by atoms with Crippen molar-refractivity contribution in [1.82, 2.24) is 10.5 Å². The van der Waals surface area contributed by atoms with E-state index in [1.807, 2.05) is 26.0 Å². The van der Waals surface area contributed by atoms with Gasteiger partial charge < -0.3 is 19.9 Å². The summed E-state index contributed by atoms with van der Waals surface area (Å²) in [6, 6.07) is 5.76. The molecule has 0 unspecified atom stereocenters. The molecule has 1 aromatic heterocycles. The second-order valence-electron chi connectivity index (χ2n) is 5.82. The number of anilines is 1. The predicted octanol–water partition coefficient (Wildman–Crippen LogP) is 2.80. The van der Waals surface area contributed by atoms with Crippen LogP contribution in [0.15, 0.2) is 22.7 Å². The molecule has 0 aliphatic heterocycles. The maximum Gasteiger partial charge on any atom is 0.253 e. The summed E-state index contributed by atoms with van der Waals surface area (Å²) >= 11 is 0. The van der Waals surface area contributed by atoms with Gasteiger partial charge in [0, 0.05) is 23.8 Å². The van der Waals surface area contributed by atoms with E-state index in [-0.39, 0.29) is 5.91 Å². The number of aromatic nitrogens is 1. The van der Waals surface area contributed by atoms with E-state index < -0.39 is 0 Å². The average Bonchev–Trinajstić information content (AvgIpc) is 3.31. The molecule has 2 aromatic rings. The van der Waals surface area contributed by atoms with Crippen molar-refractivity contribution in [3.8, 4) is 5.75 Å². The van der Waals surface area contributed by atoms with E-state index in [1.54, 1.807) is 13.2 Å². The first-order valence-electron chi connectivity index (χ1n) is 7.73. The monoisotopic (exact) mass is 315 g/mol. The Balaban J connectivity index is 1.80. The smallest absolute Gasteiger partial charge is 0.253 e. The first-order chi connectivity index (χ1) is 11.1. The van der Waals surface area contributed by atoms with E-state index in [0.29, 0.717) is 23.9 Å². The Bertz CT molecular complexity index is 700. The maximum atomic E-state index is 12.4. The first-order valence-corrected chi connectivity index (χ1v) is 7.73. The van der Waals surface area contributed by atoms with Crippen LogP contribution in [0.1, 0.15) is 40.2 Å². The fraction of sp³-hybridized carbons (Fsp3) is 0.412. The number of nitrogens with zero attached hydrogens (tertiary/aromatic N) is 1. The fourth-order valence-electron chi connectivity index (χ4n) is 2.42. The van der Waals surface area contributed by atoms with E-state index in [4.69, 9.17) is 9.26 Å². The van der Waals surface area contributed by atoms with Crippen LogP contribution in [-0.2, 0) is 6.54 Å². The minimum Gasteiger partial charge on any atom is -0.497 e. The van der Waals surface area contributed by atoms with Gasteiger partial charge in [0.15, 0.2) is 0 Å². The zero-order valence-electron chi connectivity index (χ0n) is 13.6. The van der Waals surface area contributed by atoms with Crippen LogP contribution in [0.4, 0.5) is 5.69 Å². The summed E-state index contributed by atoms with van der Waals surface area (Å²) in [6.07, 6.45) is 2.11. The van der Waals surface area contributed by atoms with E-state index >= 15 is 0 Å². The highest BCUT2D eigenvalue weighted by Gasteiger charge is 2.25. The van der Waals surface area contributed by atoms with Crippen LogP contribution in [0.3, 0.4) is 0 Å². The SMILES string of the molecule is COc1ccc(NCc2c(C)noc2C)c(C(=O)NC2CC2)c1. The minimum absolute atomic E-state index is 0.0762. The van der Waals surface area contributed by atoms with Crippen molar-refractivity contribution < 1.29 is 14.1 Å². The van der Waals surface area contributed by atoms with Crippen LogP contribution >= 0.6 is 0 Å². The third-order valence-electron chi connectivity index (χ3n) is 4.02. The van der Waals surface area contributed by atoms with Gasteiger partial charge in [0.05, 0.1) is 18.4 Å². The Kier molecular flexibility index (Phi) is 4.23. The van der Waals surface area contributed by atoms with Crippen LogP contribution in [0.2, 0.25) is 0 Å². The van der Waals surface area contributed by atoms with Crippen molar-refractivity contribution in [2.75, 3.05) is 12.4 Å². The van der Waals surface area contributed by atoms with Gasteiger partial charge in [-0.15, -0.1) is 0 Å². The Morgan fingerprint density at radius 1 is 1.39 bits per heavy atom. The molecule has 1 heterocycles. The molecular weight excluding hydrogens is 294 g/mol. The Labute approximate surface area is 135 Å². The summed E-state index contributed by atoms with van der Waals surface area (Å²) in [4.78, 5) is 12.4. The van der Waals surface area contributed by atoms with Gasteiger partial charge in [-0.1, -0.05) is 5.16 Å². The Hall–Kier alpha value is -2.50. The van der Waals surface area contributed by atoms with E-state index in [9.17, 15) is 4.79 Å². The molecule has 2 N–H and O–H groups in total. The van der Waals surface area contributed by atoms with E-state index in [0.717, 1.165) is 35.5 Å². The zero-order chi connectivity index (χ0) is 16.4. The number of methoxy groups -OCH3 is 1. The molecule has 0 saturated heterocycles. The molecule has 1 aromatic carbocycles. The molecular formula is C17H21N3O3. The number of benzene rings is 1. The Morgan fingerprint density at radius 3 is 2.78 bits per heavy atom. The molecule has 23 heavy (non-hydrogen) atoms. The Morgan fingerprint density at radius 2 is 2.17 bits per heavy atom. The van der Waals surface area contributed by atoms with Gasteiger partial charge in [-0.2, -0.15) is 0 Å². The van der Waals surface area contributed by atoms with Crippen LogP contribution < -0.4 is 15.4 Å². The lowest BCUT2D eigenvalue weighted by Gasteiger charge is -2.13. The molecule has 122 valence electrons. The summed E-state index contributed by atoms with van der Waals surface area (Å²) in [5.74, 6) is 1.37. The summed E-state index contributed by atoms with van der Waals surface area (Å²) in [5.41, 5.74) is 3.22. The second-order valence-corrected chi connectivity index (χ2v) is 5.82. The summed E-state index contributed by atoms with van der Waals surface area (Å²) in [6.45, 7) is 4.34. The normalized spacial score (nSPS) is 13.7. The second kappa shape index (κ2) is 6.32. The lowest BCUT2D eigenvalue weighted by Crippen LogP contribution is -2.26. The highest BCUT2D eigenvalue weighted by molar-refractivity contribution is 6.00. The van der Waals surface area contributed by atoms with Crippen molar-refractivity contribution in [2.45, 2.75) is 39.3 Å². The lowest BCUT2D eigenvalue weighted by molar-refractivity contribution is 0.0951. The number of aryl methyl sites for hydroxylation is 2. The van der Waals surface area contributed by atoms with E-state index in [2.05, 4.69) is 15.8 Å². The van der Waals surface area contributed by atoms with Crippen molar-refractivity contribution in [1.29, 1.82) is 0 Å². The minimum atomic E-state index is -0.0762. The number of carbonyl (C=O) groups excluding carboxylic acids is 1. The third kappa shape index (κ3) is 3.47. The highest BCUT2D eigenvalue weighted by Crippen LogP contribution is 2.26. The van der Waals surface area contributed by atoms with Gasteiger partial charge >= 0.3 is 0 Å². The average molecular weight is 315 g/mol. The van der Waals surface area contributed by atoms with Gasteiger partial charge in [-0.05, 0) is 44.9 Å². The molecule has 0 spiro atoms. The van der Waals surface area contributed by atoms with Crippen LogP contribution in [0.5, 0.6) is 5.75 Å². The van der Waals surface area contributed by atoms with Crippen molar-refractivity contribution in [3.63, 3.8) is 0 Å². The van der Waals surface area contributed by atoms with Crippen LogP contribution in [0, 0.1) is 13.8 Å². The van der Waals surface area contributed by atoms with E-state index in [1.165, 1.54) is 0 Å². The summed E-state index contributed by atoms with van der Waals surface area (Å²) in [5, 5.41) is 10.3. The number of ether oxygens (including phenoxy) is 1. The highest BCUT2D eigenvalue weighted by atomic mass is 16.5. The number of nitrogens with one attached hydrogen (secondary N) is 2.